The van der Waals surface area contributed by atoms with Gasteiger partial charge in [-0.25, -0.2) is 4.39 Å². The summed E-state index contributed by atoms with van der Waals surface area (Å²) in [5, 5.41) is 21.0. The number of hydrogen-bond donors (Lipinski definition) is 1. The summed E-state index contributed by atoms with van der Waals surface area (Å²) < 4.78 is 13.1. The third-order valence-electron chi connectivity index (χ3n) is 2.87. The van der Waals surface area contributed by atoms with Crippen molar-refractivity contribution in [1.29, 1.82) is 10.5 Å². The zero-order valence-electron chi connectivity index (χ0n) is 10.8. The van der Waals surface area contributed by atoms with Crippen molar-refractivity contribution in [2.24, 2.45) is 0 Å². The van der Waals surface area contributed by atoms with Crippen LogP contribution in [0.2, 0.25) is 0 Å². The van der Waals surface area contributed by atoms with Gasteiger partial charge in [0, 0.05) is 11.9 Å². The van der Waals surface area contributed by atoms with Gasteiger partial charge in [-0.15, -0.1) is 0 Å². The molecule has 4 nitrogen and oxygen atoms in total. The van der Waals surface area contributed by atoms with Gasteiger partial charge in [-0.1, -0.05) is 0 Å². The van der Waals surface area contributed by atoms with E-state index >= 15 is 0 Å². The van der Waals surface area contributed by atoms with E-state index in [0.29, 0.717) is 22.4 Å². The van der Waals surface area contributed by atoms with Gasteiger partial charge in [-0.05, 0) is 36.8 Å². The molecule has 1 aromatic carbocycles. The second-order valence-electron chi connectivity index (χ2n) is 4.29. The van der Waals surface area contributed by atoms with Gasteiger partial charge in [-0.3, -0.25) is 4.98 Å². The molecule has 1 aromatic heterocycles. The molecule has 0 aliphatic heterocycles. The number of nitrogens with one attached hydrogen (secondary N) is 1. The van der Waals surface area contributed by atoms with Crippen LogP contribution in [0.3, 0.4) is 0 Å². The first-order chi connectivity index (χ1) is 9.63. The number of benzene rings is 1. The third kappa shape index (κ3) is 2.90. The maximum absolute atomic E-state index is 13.1. The molecule has 2 aromatic rings. The summed E-state index contributed by atoms with van der Waals surface area (Å²) in [6, 6.07) is 10.1. The number of pyridine rings is 1. The number of halogens is 1. The lowest BCUT2D eigenvalue weighted by Crippen LogP contribution is -2.07. The van der Waals surface area contributed by atoms with Crippen molar-refractivity contribution in [3.05, 3.63) is 59.2 Å². The van der Waals surface area contributed by atoms with Crippen LogP contribution in [0.1, 0.15) is 29.7 Å². The lowest BCUT2D eigenvalue weighted by atomic mass is 10.1. The topological polar surface area (TPSA) is 72.5 Å². The summed E-state index contributed by atoms with van der Waals surface area (Å²) in [4.78, 5) is 3.80. The predicted octanol–water partition coefficient (Wildman–Crippen LogP) is 3.14. The molecule has 0 saturated heterocycles. The minimum Gasteiger partial charge on any atom is -0.378 e. The van der Waals surface area contributed by atoms with E-state index in [0.717, 1.165) is 6.20 Å². The molecule has 2 rings (SSSR count). The minimum atomic E-state index is -0.395. The van der Waals surface area contributed by atoms with E-state index in [-0.39, 0.29) is 6.04 Å². The number of nitrogens with zero attached hydrogens (tertiary/aromatic N) is 3. The van der Waals surface area contributed by atoms with Crippen molar-refractivity contribution >= 4 is 5.69 Å². The summed E-state index contributed by atoms with van der Waals surface area (Å²) >= 11 is 0. The van der Waals surface area contributed by atoms with Crippen molar-refractivity contribution in [3.63, 3.8) is 0 Å². The molecule has 1 N–H and O–H groups in total. The van der Waals surface area contributed by atoms with Crippen molar-refractivity contribution in [2.45, 2.75) is 13.0 Å². The van der Waals surface area contributed by atoms with Crippen LogP contribution in [0.15, 0.2) is 36.7 Å². The van der Waals surface area contributed by atoms with Crippen LogP contribution in [0.4, 0.5) is 10.1 Å². The second kappa shape index (κ2) is 5.81. The highest BCUT2D eigenvalue weighted by Crippen LogP contribution is 2.21. The van der Waals surface area contributed by atoms with Gasteiger partial charge in [0.2, 0.25) is 0 Å². The lowest BCUT2D eigenvalue weighted by Gasteiger charge is -2.15. The van der Waals surface area contributed by atoms with Gasteiger partial charge in [0.1, 0.15) is 18.0 Å². The molecule has 0 aliphatic carbocycles. The molecule has 1 atom stereocenters. The molecule has 20 heavy (non-hydrogen) atoms. The average molecular weight is 266 g/mol. The number of aromatic nitrogens is 1. The Morgan fingerprint density at radius 3 is 2.55 bits per heavy atom. The molecular weight excluding hydrogens is 255 g/mol. The molecule has 0 aliphatic rings. The molecule has 1 unspecified atom stereocenters. The SMILES string of the molecule is CC(Nc1ccc(C#N)c(C#N)c1)c1cncc(F)c1. The van der Waals surface area contributed by atoms with Crippen molar-refractivity contribution in [3.8, 4) is 12.1 Å². The van der Waals surface area contributed by atoms with Gasteiger partial charge in [-0.2, -0.15) is 10.5 Å². The number of anilines is 1. The largest absolute Gasteiger partial charge is 0.378 e. The fourth-order valence-electron chi connectivity index (χ4n) is 1.82. The van der Waals surface area contributed by atoms with E-state index in [4.69, 9.17) is 10.5 Å². The number of nitriles is 2. The summed E-state index contributed by atoms with van der Waals surface area (Å²) in [7, 11) is 0. The summed E-state index contributed by atoms with van der Waals surface area (Å²) in [5.74, 6) is -0.395. The van der Waals surface area contributed by atoms with E-state index < -0.39 is 5.82 Å². The van der Waals surface area contributed by atoms with Crippen LogP contribution in [0, 0.1) is 28.5 Å². The number of hydrogen-bond acceptors (Lipinski definition) is 4. The Kier molecular flexibility index (Phi) is 3.93. The molecule has 5 heteroatoms. The zero-order chi connectivity index (χ0) is 14.5. The first-order valence-electron chi connectivity index (χ1n) is 5.95. The Hall–Kier alpha value is -2.92. The van der Waals surface area contributed by atoms with Gasteiger partial charge in [0.05, 0.1) is 23.4 Å². The molecule has 98 valence electrons. The molecular formula is C15H11FN4. The highest BCUT2D eigenvalue weighted by Gasteiger charge is 2.09. The molecule has 0 spiro atoms. The number of rotatable bonds is 3. The van der Waals surface area contributed by atoms with Crippen molar-refractivity contribution < 1.29 is 4.39 Å². The fraction of sp³-hybridized carbons (Fsp3) is 0.133. The standard InChI is InChI=1S/C15H11FN4/c1-10(13-4-14(16)9-19-8-13)20-15-3-2-11(6-17)12(5-15)7-18/h2-5,8-10,20H,1H3. The second-order valence-corrected chi connectivity index (χ2v) is 4.29. The average Bonchev–Trinajstić information content (AvgIpc) is 2.47. The smallest absolute Gasteiger partial charge is 0.141 e. The van der Waals surface area contributed by atoms with Crippen LogP contribution in [0.5, 0.6) is 0 Å². The fourth-order valence-corrected chi connectivity index (χ4v) is 1.82. The van der Waals surface area contributed by atoms with Gasteiger partial charge in [0.25, 0.3) is 0 Å². The van der Waals surface area contributed by atoms with Crippen molar-refractivity contribution in [2.75, 3.05) is 5.32 Å². The molecule has 0 bridgehead atoms. The Morgan fingerprint density at radius 1 is 1.15 bits per heavy atom. The van der Waals surface area contributed by atoms with Crippen LogP contribution in [0.25, 0.3) is 0 Å². The molecule has 0 amide bonds. The van der Waals surface area contributed by atoms with Crippen LogP contribution >= 0.6 is 0 Å². The van der Waals surface area contributed by atoms with Crippen molar-refractivity contribution in [1.82, 2.24) is 4.98 Å². The van der Waals surface area contributed by atoms with Crippen LogP contribution < -0.4 is 5.32 Å². The lowest BCUT2D eigenvalue weighted by molar-refractivity contribution is 0.616. The Labute approximate surface area is 116 Å². The first-order valence-corrected chi connectivity index (χ1v) is 5.95. The summed E-state index contributed by atoms with van der Waals surface area (Å²) in [5.41, 5.74) is 2.03. The third-order valence-corrected chi connectivity index (χ3v) is 2.87. The Morgan fingerprint density at radius 2 is 1.90 bits per heavy atom. The van der Waals surface area contributed by atoms with Gasteiger partial charge >= 0.3 is 0 Å². The monoisotopic (exact) mass is 266 g/mol. The zero-order valence-corrected chi connectivity index (χ0v) is 10.8. The molecule has 0 fully saturated rings. The van der Waals surface area contributed by atoms with E-state index in [1.165, 1.54) is 6.07 Å². The predicted molar refractivity (Wildman–Crippen MR) is 72.1 cm³/mol. The first kappa shape index (κ1) is 13.5. The van der Waals surface area contributed by atoms with Crippen LogP contribution in [-0.4, -0.2) is 4.98 Å². The maximum Gasteiger partial charge on any atom is 0.141 e. The normalized spacial score (nSPS) is 11.2. The van der Waals surface area contributed by atoms with E-state index in [9.17, 15) is 4.39 Å². The summed E-state index contributed by atoms with van der Waals surface area (Å²) in [6.45, 7) is 1.86. The quantitative estimate of drug-likeness (QED) is 0.926. The molecule has 0 saturated carbocycles. The highest BCUT2D eigenvalue weighted by molar-refractivity contribution is 5.56. The summed E-state index contributed by atoms with van der Waals surface area (Å²) in [6.07, 6.45) is 2.72. The van der Waals surface area contributed by atoms with E-state index in [2.05, 4.69) is 10.3 Å². The Balaban J connectivity index is 2.23. The van der Waals surface area contributed by atoms with Gasteiger partial charge in [0.15, 0.2) is 0 Å². The minimum absolute atomic E-state index is 0.169. The maximum atomic E-state index is 13.1. The van der Waals surface area contributed by atoms with Crippen LogP contribution in [-0.2, 0) is 0 Å². The highest BCUT2D eigenvalue weighted by atomic mass is 19.1. The molecule has 0 radical (unpaired) electrons. The van der Waals surface area contributed by atoms with Gasteiger partial charge < -0.3 is 5.32 Å². The molecule has 1 heterocycles. The Bertz CT molecular complexity index is 713. The van der Waals surface area contributed by atoms with E-state index in [1.54, 1.807) is 24.4 Å². The van der Waals surface area contributed by atoms with E-state index in [1.807, 2.05) is 19.1 Å².